The normalized spacial score (nSPS) is 11.5. The molecule has 0 bridgehead atoms. The Morgan fingerprint density at radius 2 is 2.13 bits per heavy atom. The van der Waals surface area contributed by atoms with Crippen LogP contribution in [0.5, 0.6) is 0 Å². The van der Waals surface area contributed by atoms with Crippen molar-refractivity contribution in [2.24, 2.45) is 7.05 Å². The van der Waals surface area contributed by atoms with E-state index < -0.39 is 0 Å². The van der Waals surface area contributed by atoms with Crippen molar-refractivity contribution >= 4 is 46.0 Å². The number of halogens is 2. The van der Waals surface area contributed by atoms with Crippen molar-refractivity contribution in [2.45, 2.75) is 17.5 Å². The Balaban J connectivity index is 1.90. The largest absolute Gasteiger partial charge is 0.383 e. The van der Waals surface area contributed by atoms with Crippen molar-refractivity contribution in [3.8, 4) is 0 Å². The SMILES string of the molecule is COCCn1c(SCc2ncc(Cl)n2C)nc2cc(Cl)ccc21. The summed E-state index contributed by atoms with van der Waals surface area (Å²) in [6, 6.07) is 5.74. The number of ether oxygens (including phenoxy) is 1. The first kappa shape index (κ1) is 16.6. The summed E-state index contributed by atoms with van der Waals surface area (Å²) in [6.07, 6.45) is 1.66. The highest BCUT2D eigenvalue weighted by atomic mass is 35.5. The first-order valence-corrected chi connectivity index (χ1v) is 8.78. The Kier molecular flexibility index (Phi) is 5.16. The van der Waals surface area contributed by atoms with Gasteiger partial charge in [-0.3, -0.25) is 0 Å². The maximum Gasteiger partial charge on any atom is 0.169 e. The summed E-state index contributed by atoms with van der Waals surface area (Å²) in [5, 5.41) is 2.22. The average molecular weight is 371 g/mol. The molecule has 2 aromatic heterocycles. The Hall–Kier alpha value is -1.21. The number of aromatic nitrogens is 4. The molecule has 8 heteroatoms. The minimum absolute atomic E-state index is 0.621. The molecule has 0 saturated carbocycles. The second kappa shape index (κ2) is 7.13. The van der Waals surface area contributed by atoms with Crippen LogP contribution in [0, 0.1) is 0 Å². The number of nitrogens with zero attached hydrogens (tertiary/aromatic N) is 4. The summed E-state index contributed by atoms with van der Waals surface area (Å²) >= 11 is 13.7. The highest BCUT2D eigenvalue weighted by molar-refractivity contribution is 7.98. The first-order chi connectivity index (χ1) is 11.1. The van der Waals surface area contributed by atoms with Gasteiger partial charge >= 0.3 is 0 Å². The lowest BCUT2D eigenvalue weighted by Crippen LogP contribution is -2.06. The highest BCUT2D eigenvalue weighted by Gasteiger charge is 2.13. The van der Waals surface area contributed by atoms with Crippen molar-refractivity contribution in [3.63, 3.8) is 0 Å². The molecule has 0 unspecified atom stereocenters. The number of fused-ring (bicyclic) bond motifs is 1. The lowest BCUT2D eigenvalue weighted by molar-refractivity contribution is 0.186. The maximum absolute atomic E-state index is 6.07. The predicted octanol–water partition coefficient (Wildman–Crippen LogP) is 4.02. The zero-order valence-corrected chi connectivity index (χ0v) is 15.1. The average Bonchev–Trinajstić information content (AvgIpc) is 3.04. The van der Waals surface area contributed by atoms with E-state index in [2.05, 4.69) is 9.55 Å². The van der Waals surface area contributed by atoms with Crippen molar-refractivity contribution in [2.75, 3.05) is 13.7 Å². The van der Waals surface area contributed by atoms with Crippen molar-refractivity contribution in [1.82, 2.24) is 19.1 Å². The van der Waals surface area contributed by atoms with Gasteiger partial charge in [-0.05, 0) is 18.2 Å². The number of rotatable bonds is 6. The number of hydrogen-bond acceptors (Lipinski definition) is 4. The topological polar surface area (TPSA) is 44.9 Å². The summed E-state index contributed by atoms with van der Waals surface area (Å²) in [4.78, 5) is 9.01. The third-order valence-corrected chi connectivity index (χ3v) is 5.11. The number of methoxy groups -OCH3 is 1. The van der Waals surface area contributed by atoms with E-state index in [1.165, 1.54) is 0 Å². The molecule has 2 heterocycles. The molecular weight excluding hydrogens is 355 g/mol. The van der Waals surface area contributed by atoms with Gasteiger partial charge in [0.25, 0.3) is 0 Å². The van der Waals surface area contributed by atoms with Gasteiger partial charge in [0, 0.05) is 25.7 Å². The lowest BCUT2D eigenvalue weighted by Gasteiger charge is -2.08. The Labute approximate surface area is 148 Å². The monoisotopic (exact) mass is 370 g/mol. The molecule has 0 fully saturated rings. The molecule has 0 aliphatic heterocycles. The number of imidazole rings is 2. The van der Waals surface area contributed by atoms with Crippen LogP contribution in [0.15, 0.2) is 29.6 Å². The van der Waals surface area contributed by atoms with Gasteiger partial charge in [0.1, 0.15) is 11.0 Å². The predicted molar refractivity (Wildman–Crippen MR) is 94.4 cm³/mol. The number of thioether (sulfide) groups is 1. The molecule has 3 rings (SSSR count). The standard InChI is InChI=1S/C15H16Cl2N4OS/c1-20-13(17)8-18-14(20)9-23-15-19-11-7-10(16)3-4-12(11)21(15)5-6-22-2/h3-4,7-8H,5-6,9H2,1-2H3. The van der Waals surface area contributed by atoms with E-state index in [-0.39, 0.29) is 0 Å². The van der Waals surface area contributed by atoms with Gasteiger partial charge in [0.2, 0.25) is 0 Å². The first-order valence-electron chi connectivity index (χ1n) is 7.03. The fourth-order valence-electron chi connectivity index (χ4n) is 2.28. The van der Waals surface area contributed by atoms with Crippen LogP contribution in [0.1, 0.15) is 5.82 Å². The highest BCUT2D eigenvalue weighted by Crippen LogP contribution is 2.28. The molecule has 23 heavy (non-hydrogen) atoms. The van der Waals surface area contributed by atoms with E-state index in [9.17, 15) is 0 Å². The maximum atomic E-state index is 6.07. The van der Waals surface area contributed by atoms with Gasteiger partial charge in [-0.1, -0.05) is 35.0 Å². The van der Waals surface area contributed by atoms with Crippen LogP contribution < -0.4 is 0 Å². The molecule has 0 radical (unpaired) electrons. The van der Waals surface area contributed by atoms with Gasteiger partial charge < -0.3 is 13.9 Å². The fourth-order valence-corrected chi connectivity index (χ4v) is 3.62. The summed E-state index contributed by atoms with van der Waals surface area (Å²) in [5.41, 5.74) is 1.93. The summed E-state index contributed by atoms with van der Waals surface area (Å²) in [7, 11) is 3.59. The lowest BCUT2D eigenvalue weighted by atomic mass is 10.3. The van der Waals surface area contributed by atoms with Crippen molar-refractivity contribution in [1.29, 1.82) is 0 Å². The Bertz CT molecular complexity index is 830. The third-order valence-electron chi connectivity index (χ3n) is 3.55. The van der Waals surface area contributed by atoms with Crippen molar-refractivity contribution < 1.29 is 4.74 Å². The third kappa shape index (κ3) is 3.50. The quantitative estimate of drug-likeness (QED) is 0.614. The van der Waals surface area contributed by atoms with E-state index in [1.807, 2.05) is 29.8 Å². The van der Waals surface area contributed by atoms with E-state index in [0.717, 1.165) is 28.6 Å². The fraction of sp³-hybridized carbons (Fsp3) is 0.333. The van der Waals surface area contributed by atoms with Gasteiger partial charge in [-0.25, -0.2) is 9.97 Å². The molecule has 0 aliphatic rings. The zero-order chi connectivity index (χ0) is 16.4. The molecule has 1 aromatic carbocycles. The van der Waals surface area contributed by atoms with E-state index in [4.69, 9.17) is 32.9 Å². The molecule has 0 spiro atoms. The molecule has 3 aromatic rings. The van der Waals surface area contributed by atoms with E-state index in [1.54, 1.807) is 25.1 Å². The van der Waals surface area contributed by atoms with Gasteiger partial charge in [0.15, 0.2) is 5.16 Å². The molecule has 0 N–H and O–H groups in total. The number of hydrogen-bond donors (Lipinski definition) is 0. The second-order valence-corrected chi connectivity index (χ2v) is 6.78. The van der Waals surface area contributed by atoms with Crippen LogP contribution >= 0.6 is 35.0 Å². The van der Waals surface area contributed by atoms with Crippen molar-refractivity contribution in [3.05, 3.63) is 40.4 Å². The minimum atomic E-state index is 0.621. The molecule has 0 amide bonds. The van der Waals surface area contributed by atoms with Crippen LogP contribution in [0.25, 0.3) is 11.0 Å². The molecule has 0 saturated heterocycles. The summed E-state index contributed by atoms with van der Waals surface area (Å²) in [5.74, 6) is 1.59. The number of benzene rings is 1. The van der Waals surface area contributed by atoms with E-state index in [0.29, 0.717) is 22.5 Å². The minimum Gasteiger partial charge on any atom is -0.383 e. The van der Waals surface area contributed by atoms with Crippen LogP contribution in [-0.2, 0) is 24.1 Å². The van der Waals surface area contributed by atoms with Gasteiger partial charge in [-0.15, -0.1) is 0 Å². The van der Waals surface area contributed by atoms with Crippen LogP contribution in [0.4, 0.5) is 0 Å². The van der Waals surface area contributed by atoms with Crippen LogP contribution in [0.3, 0.4) is 0 Å². The van der Waals surface area contributed by atoms with Gasteiger partial charge in [0.05, 0.1) is 29.6 Å². The molecule has 0 aliphatic carbocycles. The van der Waals surface area contributed by atoms with Gasteiger partial charge in [-0.2, -0.15) is 0 Å². The van der Waals surface area contributed by atoms with Crippen LogP contribution in [0.2, 0.25) is 10.2 Å². The van der Waals surface area contributed by atoms with Crippen LogP contribution in [-0.4, -0.2) is 32.8 Å². The summed E-state index contributed by atoms with van der Waals surface area (Å²) < 4.78 is 9.22. The Morgan fingerprint density at radius 3 is 2.83 bits per heavy atom. The second-order valence-electron chi connectivity index (χ2n) is 5.02. The summed E-state index contributed by atoms with van der Waals surface area (Å²) in [6.45, 7) is 1.36. The molecule has 122 valence electrons. The smallest absolute Gasteiger partial charge is 0.169 e. The molecular formula is C15H16Cl2N4OS. The van der Waals surface area contributed by atoms with E-state index >= 15 is 0 Å². The molecule has 0 atom stereocenters. The zero-order valence-electron chi connectivity index (χ0n) is 12.8. The molecule has 5 nitrogen and oxygen atoms in total. The Morgan fingerprint density at radius 1 is 1.30 bits per heavy atom.